The normalized spacial score (nSPS) is 16.2. The van der Waals surface area contributed by atoms with Gasteiger partial charge in [0.05, 0.1) is 22.7 Å². The van der Waals surface area contributed by atoms with Crippen molar-refractivity contribution in [3.8, 4) is 17.5 Å². The van der Waals surface area contributed by atoms with Crippen LogP contribution in [0.5, 0.6) is 0 Å². The third kappa shape index (κ3) is 4.16. The molecule has 4 rings (SSSR count). The summed E-state index contributed by atoms with van der Waals surface area (Å²) in [5.74, 6) is -4.13. The number of aromatic nitrogens is 3. The molecule has 0 N–H and O–H groups in total. The summed E-state index contributed by atoms with van der Waals surface area (Å²) in [6.45, 7) is 2.01. The quantitative estimate of drug-likeness (QED) is 0.583. The number of amides is 1. The molecule has 0 saturated carbocycles. The third-order valence-corrected chi connectivity index (χ3v) is 6.33. The molecule has 0 spiro atoms. The van der Waals surface area contributed by atoms with Gasteiger partial charge in [-0.05, 0) is 31.0 Å². The lowest BCUT2D eigenvalue weighted by Gasteiger charge is -2.41. The molecule has 1 amide bonds. The van der Waals surface area contributed by atoms with E-state index in [1.807, 2.05) is 0 Å². The fourth-order valence-corrected chi connectivity index (χ4v) is 4.38. The van der Waals surface area contributed by atoms with Gasteiger partial charge in [0.2, 0.25) is 0 Å². The highest BCUT2D eigenvalue weighted by atomic mass is 19.1. The van der Waals surface area contributed by atoms with Gasteiger partial charge in [-0.15, -0.1) is 0 Å². The molecule has 1 fully saturated rings. The number of benzene rings is 1. The van der Waals surface area contributed by atoms with Crippen molar-refractivity contribution in [2.45, 2.75) is 25.7 Å². The first-order valence-electron chi connectivity index (χ1n) is 10.4. The van der Waals surface area contributed by atoms with Crippen LogP contribution in [0.3, 0.4) is 0 Å². The molecule has 0 bridgehead atoms. The van der Waals surface area contributed by atoms with Crippen LogP contribution in [0.25, 0.3) is 11.4 Å². The van der Waals surface area contributed by atoms with Gasteiger partial charge in [0.25, 0.3) is 5.91 Å². The van der Waals surface area contributed by atoms with Crippen LogP contribution >= 0.6 is 0 Å². The summed E-state index contributed by atoms with van der Waals surface area (Å²) >= 11 is 0. The lowest BCUT2D eigenvalue weighted by atomic mass is 9.67. The zero-order valence-corrected chi connectivity index (χ0v) is 17.8. The lowest BCUT2D eigenvalue weighted by molar-refractivity contribution is 0.0620. The highest BCUT2D eigenvalue weighted by Crippen LogP contribution is 2.45. The van der Waals surface area contributed by atoms with E-state index in [4.69, 9.17) is 0 Å². The van der Waals surface area contributed by atoms with Crippen LogP contribution in [-0.2, 0) is 0 Å². The molecule has 6 nitrogen and oxygen atoms in total. The predicted octanol–water partition coefficient (Wildman–Crippen LogP) is 4.51. The fraction of sp³-hybridized carbons (Fsp3) is 0.292. The number of likely N-dealkylation sites (tertiary alicyclic amines) is 1. The maximum Gasteiger partial charge on any atom is 0.256 e. The Bertz CT molecular complexity index is 1200. The number of hydrogen-bond acceptors (Lipinski definition) is 5. The van der Waals surface area contributed by atoms with Crippen molar-refractivity contribution in [1.82, 2.24) is 19.9 Å². The van der Waals surface area contributed by atoms with Crippen LogP contribution in [0, 0.1) is 34.2 Å². The van der Waals surface area contributed by atoms with Gasteiger partial charge in [0, 0.05) is 49.1 Å². The molecule has 9 heteroatoms. The van der Waals surface area contributed by atoms with E-state index in [0.717, 1.165) is 0 Å². The molecule has 0 radical (unpaired) electrons. The molecular weight excluding hydrogens is 431 g/mol. The predicted molar refractivity (Wildman–Crippen MR) is 113 cm³/mol. The standard InChI is InChI=1S/C24H20F3N5O/c1-15(21-18(26)11-16(25)12-19(21)27)24(13-28)5-9-32(10-6-24)23(33)17-3-2-7-30-22(17)20-4-8-29-14-31-20/h2-4,7-8,11-12,14-15H,5-6,9-10H2,1H3/t15-/m0/s1. The second-order valence-electron chi connectivity index (χ2n) is 8.06. The molecule has 3 heterocycles. The van der Waals surface area contributed by atoms with Crippen LogP contribution in [0.1, 0.15) is 41.6 Å². The first-order chi connectivity index (χ1) is 15.9. The van der Waals surface area contributed by atoms with Crippen LogP contribution < -0.4 is 0 Å². The van der Waals surface area contributed by atoms with Crippen LogP contribution in [0.2, 0.25) is 0 Å². The van der Waals surface area contributed by atoms with E-state index in [-0.39, 0.29) is 37.4 Å². The highest BCUT2D eigenvalue weighted by Gasteiger charge is 2.43. The largest absolute Gasteiger partial charge is 0.338 e. The Labute approximate surface area is 188 Å². The smallest absolute Gasteiger partial charge is 0.256 e. The minimum absolute atomic E-state index is 0.218. The molecule has 1 atom stereocenters. The Hall–Kier alpha value is -3.80. The van der Waals surface area contributed by atoms with Crippen molar-refractivity contribution in [3.63, 3.8) is 0 Å². The van der Waals surface area contributed by atoms with Gasteiger partial charge in [-0.1, -0.05) is 6.92 Å². The van der Waals surface area contributed by atoms with Crippen molar-refractivity contribution in [3.05, 3.63) is 77.6 Å². The van der Waals surface area contributed by atoms with E-state index in [2.05, 4.69) is 21.0 Å². The summed E-state index contributed by atoms with van der Waals surface area (Å²) < 4.78 is 42.1. The SMILES string of the molecule is C[C@@H](c1c(F)cc(F)cc1F)C1(C#N)CCN(C(=O)c2cccnc2-c2ccncn2)CC1. The number of piperidine rings is 1. The molecule has 1 aliphatic heterocycles. The summed E-state index contributed by atoms with van der Waals surface area (Å²) in [6.07, 6.45) is 4.93. The van der Waals surface area contributed by atoms with E-state index in [0.29, 0.717) is 29.1 Å². The minimum atomic E-state index is -1.10. The van der Waals surface area contributed by atoms with Gasteiger partial charge >= 0.3 is 0 Å². The minimum Gasteiger partial charge on any atom is -0.338 e. The molecule has 33 heavy (non-hydrogen) atoms. The summed E-state index contributed by atoms with van der Waals surface area (Å²) in [7, 11) is 0. The number of carbonyl (C=O) groups is 1. The van der Waals surface area contributed by atoms with E-state index in [9.17, 15) is 23.2 Å². The first kappa shape index (κ1) is 22.4. The Morgan fingerprint density at radius 2 is 1.82 bits per heavy atom. The number of rotatable bonds is 4. The number of halogens is 3. The monoisotopic (exact) mass is 451 g/mol. The maximum atomic E-state index is 14.4. The van der Waals surface area contributed by atoms with Crippen molar-refractivity contribution in [1.29, 1.82) is 5.26 Å². The number of nitriles is 1. The molecule has 1 saturated heterocycles. The molecule has 0 unspecified atom stereocenters. The number of pyridine rings is 1. The van der Waals surface area contributed by atoms with Crippen LogP contribution in [0.4, 0.5) is 13.2 Å². The van der Waals surface area contributed by atoms with Crippen molar-refractivity contribution >= 4 is 5.91 Å². The Kier molecular flexibility index (Phi) is 6.09. The van der Waals surface area contributed by atoms with Gasteiger partial charge in [0.15, 0.2) is 0 Å². The average molecular weight is 451 g/mol. The molecule has 168 valence electrons. The van der Waals surface area contributed by atoms with Crippen LogP contribution in [0.15, 0.2) is 49.1 Å². The molecule has 1 aliphatic rings. The number of nitrogens with zero attached hydrogens (tertiary/aromatic N) is 5. The van der Waals surface area contributed by atoms with Gasteiger partial charge in [-0.25, -0.2) is 23.1 Å². The zero-order valence-electron chi connectivity index (χ0n) is 17.8. The maximum absolute atomic E-state index is 14.4. The molecular formula is C24H20F3N5O. The molecule has 1 aromatic carbocycles. The van der Waals surface area contributed by atoms with E-state index in [1.54, 1.807) is 42.4 Å². The third-order valence-electron chi connectivity index (χ3n) is 6.33. The second kappa shape index (κ2) is 8.98. The zero-order chi connectivity index (χ0) is 23.6. The van der Waals surface area contributed by atoms with Gasteiger partial charge in [-0.2, -0.15) is 5.26 Å². The van der Waals surface area contributed by atoms with Crippen molar-refractivity contribution in [2.24, 2.45) is 5.41 Å². The Morgan fingerprint density at radius 1 is 1.12 bits per heavy atom. The summed E-state index contributed by atoms with van der Waals surface area (Å²) in [5, 5.41) is 9.95. The van der Waals surface area contributed by atoms with Gasteiger partial charge in [-0.3, -0.25) is 9.78 Å². The van der Waals surface area contributed by atoms with E-state index in [1.165, 1.54) is 6.33 Å². The lowest BCUT2D eigenvalue weighted by Crippen LogP contribution is -2.45. The average Bonchev–Trinajstić information content (AvgIpc) is 2.83. The summed E-state index contributed by atoms with van der Waals surface area (Å²) in [5.41, 5.74) is -0.111. The highest BCUT2D eigenvalue weighted by molar-refractivity contribution is 5.99. The molecule has 3 aromatic rings. The van der Waals surface area contributed by atoms with Crippen molar-refractivity contribution in [2.75, 3.05) is 13.1 Å². The summed E-state index contributed by atoms with van der Waals surface area (Å²) in [4.78, 5) is 27.2. The second-order valence-corrected chi connectivity index (χ2v) is 8.06. The van der Waals surface area contributed by atoms with Crippen molar-refractivity contribution < 1.29 is 18.0 Å². The topological polar surface area (TPSA) is 82.8 Å². The first-order valence-corrected chi connectivity index (χ1v) is 10.4. The van der Waals surface area contributed by atoms with Crippen LogP contribution in [-0.4, -0.2) is 38.8 Å². The molecule has 2 aromatic heterocycles. The van der Waals surface area contributed by atoms with E-state index >= 15 is 0 Å². The van der Waals surface area contributed by atoms with Gasteiger partial charge < -0.3 is 4.90 Å². The summed E-state index contributed by atoms with van der Waals surface area (Å²) in [6, 6.07) is 8.44. The van der Waals surface area contributed by atoms with Gasteiger partial charge in [0.1, 0.15) is 29.5 Å². The van der Waals surface area contributed by atoms with E-state index < -0.39 is 28.8 Å². The Balaban J connectivity index is 1.57. The number of carbonyl (C=O) groups excluding carboxylic acids is 1. The number of hydrogen-bond donors (Lipinski definition) is 0. The Morgan fingerprint density at radius 3 is 2.42 bits per heavy atom. The molecule has 0 aliphatic carbocycles. The fourth-order valence-electron chi connectivity index (χ4n) is 4.38.